The quantitative estimate of drug-likeness (QED) is 0.867. The van der Waals surface area contributed by atoms with Crippen LogP contribution in [0.2, 0.25) is 0 Å². The van der Waals surface area contributed by atoms with E-state index in [1.165, 1.54) is 6.42 Å². The fraction of sp³-hybridized carbons (Fsp3) is 0.500. The summed E-state index contributed by atoms with van der Waals surface area (Å²) in [5.41, 5.74) is 1.42. The number of carbonyl (C=O) groups is 1. The van der Waals surface area contributed by atoms with Gasteiger partial charge in [-0.2, -0.15) is 0 Å². The molecule has 2 aromatic rings. The van der Waals surface area contributed by atoms with Gasteiger partial charge in [0, 0.05) is 41.5 Å². The number of carbonyl (C=O) groups excluding carboxylic acids is 1. The van der Waals surface area contributed by atoms with Crippen LogP contribution in [0.15, 0.2) is 24.2 Å². The van der Waals surface area contributed by atoms with Crippen LogP contribution in [0.25, 0.3) is 17.1 Å². The van der Waals surface area contributed by atoms with E-state index in [9.17, 15) is 4.79 Å². The molecule has 1 aliphatic carbocycles. The molecule has 126 valence electrons. The molecule has 1 N–H and O–H groups in total. The number of hydrogen-bond acceptors (Lipinski definition) is 4. The average Bonchev–Trinajstić information content (AvgIpc) is 2.87. The van der Waals surface area contributed by atoms with Gasteiger partial charge in [0.1, 0.15) is 11.2 Å². The van der Waals surface area contributed by atoms with E-state index in [4.69, 9.17) is 4.74 Å². The minimum Gasteiger partial charge on any atom is -0.443 e. The van der Waals surface area contributed by atoms with E-state index >= 15 is 0 Å². The maximum atomic E-state index is 12.5. The molecule has 24 heavy (non-hydrogen) atoms. The number of hydrogen-bond donors (Lipinski definition) is 1. The van der Waals surface area contributed by atoms with Crippen molar-refractivity contribution in [2.45, 2.75) is 45.6 Å². The maximum absolute atomic E-state index is 12.5. The predicted molar refractivity (Wildman–Crippen MR) is 91.1 cm³/mol. The van der Waals surface area contributed by atoms with E-state index in [0.29, 0.717) is 5.82 Å². The number of rotatable bonds is 1. The monoisotopic (exact) mass is 326 g/mol. The summed E-state index contributed by atoms with van der Waals surface area (Å²) >= 11 is 0. The predicted octanol–water partition coefficient (Wildman–Crippen LogP) is 3.72. The molecular weight excluding hydrogens is 304 g/mol. The number of aromatic nitrogens is 3. The summed E-state index contributed by atoms with van der Waals surface area (Å²) < 4.78 is 5.53. The van der Waals surface area contributed by atoms with Gasteiger partial charge in [-0.15, -0.1) is 0 Å². The minimum atomic E-state index is -0.496. The number of fused-ring (bicyclic) bond motifs is 1. The molecule has 1 saturated heterocycles. The summed E-state index contributed by atoms with van der Waals surface area (Å²) in [6, 6.07) is 1.94. The van der Waals surface area contributed by atoms with Gasteiger partial charge in [-0.3, -0.25) is 4.90 Å². The summed E-state index contributed by atoms with van der Waals surface area (Å²) in [5.74, 6) is 0.625. The number of likely N-dealkylation sites (tertiary alicyclic amines) is 1. The maximum Gasteiger partial charge on any atom is 0.414 e. The lowest BCUT2D eigenvalue weighted by molar-refractivity contribution is -0.0270. The normalized spacial score (nSPS) is 21.0. The Kier molecular flexibility index (Phi) is 3.20. The lowest BCUT2D eigenvalue weighted by Gasteiger charge is -2.57. The van der Waals surface area contributed by atoms with Crippen LogP contribution in [0, 0.1) is 5.41 Å². The van der Waals surface area contributed by atoms with Crippen LogP contribution in [-0.4, -0.2) is 38.1 Å². The average molecular weight is 326 g/mol. The molecule has 2 fully saturated rings. The first-order valence-electron chi connectivity index (χ1n) is 8.39. The summed E-state index contributed by atoms with van der Waals surface area (Å²) in [6.07, 6.45) is 8.73. The Morgan fingerprint density at radius 1 is 1.42 bits per heavy atom. The van der Waals surface area contributed by atoms with Crippen LogP contribution >= 0.6 is 0 Å². The molecule has 6 nitrogen and oxygen atoms in total. The highest BCUT2D eigenvalue weighted by Gasteiger charge is 2.54. The van der Waals surface area contributed by atoms with Crippen molar-refractivity contribution < 1.29 is 9.53 Å². The van der Waals surface area contributed by atoms with Crippen molar-refractivity contribution in [2.24, 2.45) is 5.41 Å². The van der Waals surface area contributed by atoms with E-state index in [1.54, 1.807) is 11.1 Å². The zero-order valence-corrected chi connectivity index (χ0v) is 14.3. The Morgan fingerprint density at radius 2 is 2.21 bits per heavy atom. The van der Waals surface area contributed by atoms with E-state index in [-0.39, 0.29) is 11.5 Å². The van der Waals surface area contributed by atoms with E-state index < -0.39 is 5.60 Å². The summed E-state index contributed by atoms with van der Waals surface area (Å²) in [5, 5.41) is 0.980. The molecule has 2 aromatic heterocycles. The number of ether oxygens (including phenoxy) is 1. The van der Waals surface area contributed by atoms with Crippen molar-refractivity contribution in [2.75, 3.05) is 6.54 Å². The number of amides is 1. The molecular formula is C18H22N4O2. The first-order chi connectivity index (χ1) is 11.4. The highest BCUT2D eigenvalue weighted by Crippen LogP contribution is 2.56. The second-order valence-corrected chi connectivity index (χ2v) is 7.74. The molecule has 1 aliphatic heterocycles. The zero-order valence-electron chi connectivity index (χ0n) is 14.3. The zero-order chi connectivity index (χ0) is 16.9. The van der Waals surface area contributed by atoms with Crippen LogP contribution in [0.3, 0.4) is 0 Å². The van der Waals surface area contributed by atoms with Crippen molar-refractivity contribution in [3.05, 3.63) is 30.0 Å². The van der Waals surface area contributed by atoms with Crippen molar-refractivity contribution >= 4 is 23.2 Å². The first-order valence-corrected chi connectivity index (χ1v) is 8.39. The van der Waals surface area contributed by atoms with Gasteiger partial charge >= 0.3 is 6.09 Å². The molecule has 0 unspecified atom stereocenters. The summed E-state index contributed by atoms with van der Waals surface area (Å²) in [4.78, 5) is 26.2. The largest absolute Gasteiger partial charge is 0.443 e. The van der Waals surface area contributed by atoms with Gasteiger partial charge in [0.25, 0.3) is 0 Å². The Hall–Kier alpha value is -2.37. The Labute approximate surface area is 140 Å². The van der Waals surface area contributed by atoms with E-state index in [1.807, 2.05) is 39.1 Å². The third-order valence-electron chi connectivity index (χ3n) is 4.80. The molecule has 4 rings (SSSR count). The highest BCUT2D eigenvalue weighted by atomic mass is 16.6. The van der Waals surface area contributed by atoms with Crippen LogP contribution in [0.5, 0.6) is 0 Å². The molecule has 0 radical (unpaired) electrons. The van der Waals surface area contributed by atoms with Crippen LogP contribution < -0.4 is 0 Å². The molecule has 1 amide bonds. The van der Waals surface area contributed by atoms with Crippen molar-refractivity contribution in [3.63, 3.8) is 0 Å². The molecule has 2 aliphatic rings. The SMILES string of the molecule is CC(C)(C)OC(=O)N1CC2(CCC2)C1=Cc1ncc2cc[nH]c2n1. The second kappa shape index (κ2) is 5.06. The Balaban J connectivity index is 1.64. The standard InChI is InChI=1S/C18H22N4O2/c1-17(2,3)24-16(23)22-11-18(6-4-7-18)13(22)9-14-20-10-12-5-8-19-15(12)21-14/h5,8-10H,4,6-7,11H2,1-3H3,(H,19,20,21). The molecule has 0 bridgehead atoms. The van der Waals surface area contributed by atoms with Crippen molar-refractivity contribution in [1.82, 2.24) is 19.9 Å². The lowest BCUT2D eigenvalue weighted by Crippen LogP contribution is -2.59. The fourth-order valence-electron chi connectivity index (χ4n) is 3.44. The van der Waals surface area contributed by atoms with Crippen LogP contribution in [0.1, 0.15) is 45.9 Å². The van der Waals surface area contributed by atoms with Gasteiger partial charge in [0.05, 0.1) is 0 Å². The number of H-pyrrole nitrogens is 1. The van der Waals surface area contributed by atoms with Gasteiger partial charge in [-0.25, -0.2) is 14.8 Å². The van der Waals surface area contributed by atoms with Gasteiger partial charge in [0.2, 0.25) is 0 Å². The minimum absolute atomic E-state index is 0.116. The Bertz CT molecular complexity index is 827. The summed E-state index contributed by atoms with van der Waals surface area (Å²) in [7, 11) is 0. The smallest absolute Gasteiger partial charge is 0.414 e. The first kappa shape index (κ1) is 15.2. The Morgan fingerprint density at radius 3 is 2.88 bits per heavy atom. The van der Waals surface area contributed by atoms with Gasteiger partial charge < -0.3 is 9.72 Å². The molecule has 0 aromatic carbocycles. The van der Waals surface area contributed by atoms with E-state index in [2.05, 4.69) is 15.0 Å². The molecule has 0 atom stereocenters. The fourth-order valence-corrected chi connectivity index (χ4v) is 3.44. The highest BCUT2D eigenvalue weighted by molar-refractivity contribution is 5.77. The molecule has 3 heterocycles. The third kappa shape index (κ3) is 2.46. The molecule has 1 saturated carbocycles. The number of nitrogens with zero attached hydrogens (tertiary/aromatic N) is 3. The van der Waals surface area contributed by atoms with Crippen LogP contribution in [0.4, 0.5) is 4.79 Å². The van der Waals surface area contributed by atoms with E-state index in [0.717, 1.165) is 36.1 Å². The number of nitrogens with one attached hydrogen (secondary N) is 1. The van der Waals surface area contributed by atoms with Gasteiger partial charge in [-0.05, 0) is 39.7 Å². The third-order valence-corrected chi connectivity index (χ3v) is 4.80. The van der Waals surface area contributed by atoms with Gasteiger partial charge in [0.15, 0.2) is 5.82 Å². The lowest BCUT2D eigenvalue weighted by atomic mass is 9.61. The van der Waals surface area contributed by atoms with Crippen LogP contribution in [-0.2, 0) is 4.74 Å². The topological polar surface area (TPSA) is 71.1 Å². The molecule has 6 heteroatoms. The molecule has 1 spiro atoms. The summed E-state index contributed by atoms with van der Waals surface area (Å²) in [6.45, 7) is 6.39. The number of aromatic amines is 1. The van der Waals surface area contributed by atoms with Crippen molar-refractivity contribution in [3.8, 4) is 0 Å². The second-order valence-electron chi connectivity index (χ2n) is 7.74. The van der Waals surface area contributed by atoms with Crippen molar-refractivity contribution in [1.29, 1.82) is 0 Å². The van der Waals surface area contributed by atoms with Gasteiger partial charge in [-0.1, -0.05) is 6.42 Å².